The summed E-state index contributed by atoms with van der Waals surface area (Å²) in [4.78, 5) is 20.3. The minimum absolute atomic E-state index is 0.0223. The lowest BCUT2D eigenvalue weighted by Crippen LogP contribution is -2.40. The highest BCUT2D eigenvalue weighted by molar-refractivity contribution is 7.99. The fourth-order valence-electron chi connectivity index (χ4n) is 4.33. The second-order valence-electron chi connectivity index (χ2n) is 8.70. The van der Waals surface area contributed by atoms with Crippen LogP contribution < -0.4 is 10.2 Å². The van der Waals surface area contributed by atoms with Crippen LogP contribution >= 0.6 is 11.8 Å². The molecule has 2 aromatic carbocycles. The topological polar surface area (TPSA) is 35.6 Å². The molecule has 2 aliphatic rings. The van der Waals surface area contributed by atoms with E-state index in [1.165, 1.54) is 41.4 Å². The van der Waals surface area contributed by atoms with Crippen molar-refractivity contribution in [2.75, 3.05) is 31.1 Å². The Morgan fingerprint density at radius 1 is 1.07 bits per heavy atom. The molecule has 1 amide bonds. The van der Waals surface area contributed by atoms with E-state index in [1.54, 1.807) is 11.8 Å². The van der Waals surface area contributed by atoms with Gasteiger partial charge in [0.25, 0.3) is 5.91 Å². The summed E-state index contributed by atoms with van der Waals surface area (Å²) in [6.07, 6.45) is 3.67. The third-order valence-corrected chi connectivity index (χ3v) is 7.43. The molecule has 0 spiro atoms. The summed E-state index contributed by atoms with van der Waals surface area (Å²) < 4.78 is 0. The number of amides is 1. The molecule has 4 nitrogen and oxygen atoms in total. The summed E-state index contributed by atoms with van der Waals surface area (Å²) in [5.74, 6) is 0.514. The van der Waals surface area contributed by atoms with Gasteiger partial charge in [0, 0.05) is 34.5 Å². The molecule has 0 aromatic heterocycles. The van der Waals surface area contributed by atoms with Crippen molar-refractivity contribution in [3.8, 4) is 0 Å². The minimum atomic E-state index is 0.0223. The van der Waals surface area contributed by atoms with Crippen molar-refractivity contribution in [3.05, 3.63) is 48.0 Å². The van der Waals surface area contributed by atoms with E-state index in [0.717, 1.165) is 30.8 Å². The quantitative estimate of drug-likeness (QED) is 0.633. The van der Waals surface area contributed by atoms with Crippen molar-refractivity contribution in [1.82, 2.24) is 10.2 Å². The van der Waals surface area contributed by atoms with Gasteiger partial charge < -0.3 is 15.1 Å². The molecular weight excluding hydrogens is 390 g/mol. The number of fused-ring (bicyclic) bond motifs is 2. The zero-order valence-electron chi connectivity index (χ0n) is 18.4. The molecule has 0 saturated carbocycles. The molecule has 160 valence electrons. The van der Waals surface area contributed by atoms with Crippen LogP contribution in [-0.4, -0.2) is 43.0 Å². The monoisotopic (exact) mass is 423 g/mol. The van der Waals surface area contributed by atoms with E-state index in [0.29, 0.717) is 12.0 Å². The van der Waals surface area contributed by atoms with Crippen LogP contribution in [0.1, 0.15) is 50.4 Å². The maximum atomic E-state index is 12.8. The highest BCUT2D eigenvalue weighted by Crippen LogP contribution is 2.49. The van der Waals surface area contributed by atoms with Gasteiger partial charge in [0.05, 0.1) is 11.4 Å². The van der Waals surface area contributed by atoms with Gasteiger partial charge in [-0.3, -0.25) is 4.79 Å². The van der Waals surface area contributed by atoms with Gasteiger partial charge in [0.15, 0.2) is 0 Å². The zero-order chi connectivity index (χ0) is 21.1. The first-order chi connectivity index (χ1) is 14.6. The Labute approximate surface area is 185 Å². The Kier molecular flexibility index (Phi) is 6.69. The molecule has 0 radical (unpaired) electrons. The number of hydrogen-bond acceptors (Lipinski definition) is 4. The SMILES string of the molecule is CCC(C)CNC(=O)c1ccc2c(c1)N(C(C)CN1CCCC1)c1ccccc1S2. The van der Waals surface area contributed by atoms with Gasteiger partial charge >= 0.3 is 0 Å². The molecule has 2 atom stereocenters. The first kappa shape index (κ1) is 21.3. The van der Waals surface area contributed by atoms with E-state index in [9.17, 15) is 4.79 Å². The van der Waals surface area contributed by atoms with E-state index in [2.05, 4.69) is 72.3 Å². The molecule has 1 fully saturated rings. The van der Waals surface area contributed by atoms with E-state index in [4.69, 9.17) is 0 Å². The third kappa shape index (κ3) is 4.52. The standard InChI is InChI=1S/C25H33N3OS/c1-4-18(2)16-26-25(29)20-11-12-24-22(15-20)28(19(3)17-27-13-7-8-14-27)21-9-5-6-10-23(21)30-24/h5-6,9-12,15,18-19H,4,7-8,13-14,16-17H2,1-3H3,(H,26,29). The molecule has 5 heteroatoms. The van der Waals surface area contributed by atoms with Crippen molar-refractivity contribution in [1.29, 1.82) is 0 Å². The summed E-state index contributed by atoms with van der Waals surface area (Å²) in [7, 11) is 0. The van der Waals surface area contributed by atoms with E-state index in [1.807, 2.05) is 6.07 Å². The number of carbonyl (C=O) groups is 1. The normalized spacial score (nSPS) is 17.9. The Morgan fingerprint density at radius 2 is 1.80 bits per heavy atom. The fourth-order valence-corrected chi connectivity index (χ4v) is 5.39. The third-order valence-electron chi connectivity index (χ3n) is 6.30. The molecule has 0 aliphatic carbocycles. The maximum absolute atomic E-state index is 12.8. The summed E-state index contributed by atoms with van der Waals surface area (Å²) in [6, 6.07) is 15.1. The van der Waals surface area contributed by atoms with Gasteiger partial charge in [0.2, 0.25) is 0 Å². The lowest BCUT2D eigenvalue weighted by atomic mass is 10.1. The van der Waals surface area contributed by atoms with Gasteiger partial charge in [0.1, 0.15) is 0 Å². The van der Waals surface area contributed by atoms with Crippen LogP contribution in [0, 0.1) is 5.92 Å². The average Bonchev–Trinajstić information content (AvgIpc) is 3.27. The van der Waals surface area contributed by atoms with Gasteiger partial charge in [-0.15, -0.1) is 0 Å². The fraction of sp³-hybridized carbons (Fsp3) is 0.480. The molecule has 0 bridgehead atoms. The molecule has 2 unspecified atom stereocenters. The zero-order valence-corrected chi connectivity index (χ0v) is 19.2. The van der Waals surface area contributed by atoms with E-state index < -0.39 is 0 Å². The number of anilines is 2. The maximum Gasteiger partial charge on any atom is 0.251 e. The number of nitrogens with one attached hydrogen (secondary N) is 1. The predicted molar refractivity (Wildman–Crippen MR) is 126 cm³/mol. The van der Waals surface area contributed by atoms with Crippen LogP contribution in [0.4, 0.5) is 11.4 Å². The molecule has 4 rings (SSSR count). The van der Waals surface area contributed by atoms with Crippen molar-refractivity contribution in [2.24, 2.45) is 5.92 Å². The van der Waals surface area contributed by atoms with Crippen molar-refractivity contribution in [2.45, 2.75) is 55.9 Å². The summed E-state index contributed by atoms with van der Waals surface area (Å²) >= 11 is 1.80. The minimum Gasteiger partial charge on any atom is -0.352 e. The summed E-state index contributed by atoms with van der Waals surface area (Å²) in [5, 5.41) is 3.11. The van der Waals surface area contributed by atoms with Crippen molar-refractivity contribution < 1.29 is 4.79 Å². The molecule has 1 N–H and O–H groups in total. The highest BCUT2D eigenvalue weighted by Gasteiger charge is 2.29. The Morgan fingerprint density at radius 3 is 2.57 bits per heavy atom. The van der Waals surface area contributed by atoms with Crippen molar-refractivity contribution in [3.63, 3.8) is 0 Å². The van der Waals surface area contributed by atoms with Crippen molar-refractivity contribution >= 4 is 29.0 Å². The average molecular weight is 424 g/mol. The van der Waals surface area contributed by atoms with Crippen LogP contribution in [0.5, 0.6) is 0 Å². The number of benzene rings is 2. The molecule has 2 heterocycles. The summed E-state index contributed by atoms with van der Waals surface area (Å²) in [6.45, 7) is 10.8. The van der Waals surface area contributed by atoms with Crippen LogP contribution in [0.15, 0.2) is 52.3 Å². The van der Waals surface area contributed by atoms with E-state index in [-0.39, 0.29) is 5.91 Å². The Balaban J connectivity index is 1.63. The number of carbonyl (C=O) groups excluding carboxylic acids is 1. The Bertz CT molecular complexity index is 894. The molecule has 2 aromatic rings. The lowest BCUT2D eigenvalue weighted by molar-refractivity contribution is 0.0948. The van der Waals surface area contributed by atoms with Crippen LogP contribution in [0.3, 0.4) is 0 Å². The van der Waals surface area contributed by atoms with Gasteiger partial charge in [-0.2, -0.15) is 0 Å². The first-order valence-corrected chi connectivity index (χ1v) is 12.1. The van der Waals surface area contributed by atoms with Crippen LogP contribution in [-0.2, 0) is 0 Å². The number of likely N-dealkylation sites (tertiary alicyclic amines) is 1. The largest absolute Gasteiger partial charge is 0.352 e. The second kappa shape index (κ2) is 9.44. The van der Waals surface area contributed by atoms with Crippen LogP contribution in [0.2, 0.25) is 0 Å². The number of nitrogens with zero attached hydrogens (tertiary/aromatic N) is 2. The number of rotatable bonds is 7. The summed E-state index contributed by atoms with van der Waals surface area (Å²) in [5.41, 5.74) is 3.15. The number of para-hydroxylation sites is 1. The van der Waals surface area contributed by atoms with Gasteiger partial charge in [-0.05, 0) is 69.1 Å². The second-order valence-corrected chi connectivity index (χ2v) is 9.79. The lowest BCUT2D eigenvalue weighted by Gasteiger charge is -2.39. The highest BCUT2D eigenvalue weighted by atomic mass is 32.2. The van der Waals surface area contributed by atoms with E-state index >= 15 is 0 Å². The predicted octanol–water partition coefficient (Wildman–Crippen LogP) is 5.55. The molecule has 2 aliphatic heterocycles. The number of hydrogen-bond donors (Lipinski definition) is 1. The van der Waals surface area contributed by atoms with Gasteiger partial charge in [-0.1, -0.05) is 44.2 Å². The first-order valence-electron chi connectivity index (χ1n) is 11.3. The van der Waals surface area contributed by atoms with Gasteiger partial charge in [-0.25, -0.2) is 0 Å². The Hall–Kier alpha value is -1.98. The molecule has 1 saturated heterocycles. The van der Waals surface area contributed by atoms with Crippen LogP contribution in [0.25, 0.3) is 0 Å². The molecular formula is C25H33N3OS. The molecule has 30 heavy (non-hydrogen) atoms. The smallest absolute Gasteiger partial charge is 0.251 e.